The second-order valence-electron chi connectivity index (χ2n) is 5.71. The minimum atomic E-state index is -0.784. The lowest BCUT2D eigenvalue weighted by Crippen LogP contribution is -2.19. The Kier molecular flexibility index (Phi) is 7.12. The third kappa shape index (κ3) is 5.40. The lowest BCUT2D eigenvalue weighted by atomic mass is 10.1. The summed E-state index contributed by atoms with van der Waals surface area (Å²) in [5.41, 5.74) is 2.88. The molecule has 0 bridgehead atoms. The summed E-state index contributed by atoms with van der Waals surface area (Å²) in [6, 6.07) is 8.95. The predicted octanol–water partition coefficient (Wildman–Crippen LogP) is 3.86. The summed E-state index contributed by atoms with van der Waals surface area (Å²) >= 11 is 2.12. The van der Waals surface area contributed by atoms with Crippen LogP contribution in [0.3, 0.4) is 0 Å². The van der Waals surface area contributed by atoms with E-state index in [4.69, 9.17) is 14.7 Å². The standard InChI is InChI=1S/C19H17FIN3O3/c1-11(2)27-18-16(21)7-13(8-17(18)26-3)10-23-24-19(25)14-5-4-12(9-22)6-15(14)20/h4-8,10-11H,1-3H3,(H,24,25)/b23-10-. The van der Waals surface area contributed by atoms with Gasteiger partial charge in [-0.05, 0) is 72.3 Å². The van der Waals surface area contributed by atoms with Crippen LogP contribution in [0.15, 0.2) is 35.4 Å². The third-order valence-electron chi connectivity index (χ3n) is 3.33. The van der Waals surface area contributed by atoms with Crippen LogP contribution < -0.4 is 14.9 Å². The molecule has 0 spiro atoms. The molecule has 2 rings (SSSR count). The molecule has 0 heterocycles. The summed E-state index contributed by atoms with van der Waals surface area (Å²) in [6.07, 6.45) is 1.41. The first-order valence-corrected chi connectivity index (χ1v) is 9.00. The number of benzene rings is 2. The SMILES string of the molecule is COc1cc(/C=N\NC(=O)c2ccc(C#N)cc2F)cc(I)c1OC(C)C. The first-order valence-electron chi connectivity index (χ1n) is 7.93. The van der Waals surface area contributed by atoms with E-state index in [0.29, 0.717) is 17.1 Å². The summed E-state index contributed by atoms with van der Waals surface area (Å²) < 4.78 is 25.8. The highest BCUT2D eigenvalue weighted by molar-refractivity contribution is 14.1. The van der Waals surface area contributed by atoms with Gasteiger partial charge in [0, 0.05) is 0 Å². The Balaban J connectivity index is 2.15. The van der Waals surface area contributed by atoms with Crippen molar-refractivity contribution in [2.45, 2.75) is 20.0 Å². The van der Waals surface area contributed by atoms with E-state index in [2.05, 4.69) is 33.1 Å². The number of rotatable bonds is 6. The second kappa shape index (κ2) is 9.32. The van der Waals surface area contributed by atoms with Crippen molar-refractivity contribution < 1.29 is 18.7 Å². The summed E-state index contributed by atoms with van der Waals surface area (Å²) in [5.74, 6) is -0.321. The van der Waals surface area contributed by atoms with E-state index >= 15 is 0 Å². The van der Waals surface area contributed by atoms with Crippen LogP contribution in [0.25, 0.3) is 0 Å². The number of hydrazone groups is 1. The van der Waals surface area contributed by atoms with Gasteiger partial charge in [0.1, 0.15) is 5.82 Å². The summed E-state index contributed by atoms with van der Waals surface area (Å²) in [7, 11) is 1.54. The summed E-state index contributed by atoms with van der Waals surface area (Å²) in [4.78, 5) is 12.0. The Morgan fingerprint density at radius 2 is 2.11 bits per heavy atom. The minimum Gasteiger partial charge on any atom is -0.493 e. The molecule has 0 unspecified atom stereocenters. The number of halogens is 2. The van der Waals surface area contributed by atoms with E-state index in [-0.39, 0.29) is 17.2 Å². The number of carbonyl (C=O) groups is 1. The Bertz CT molecular complexity index is 923. The molecule has 0 aliphatic carbocycles. The van der Waals surface area contributed by atoms with Gasteiger partial charge >= 0.3 is 0 Å². The van der Waals surface area contributed by atoms with E-state index in [1.165, 1.54) is 25.5 Å². The van der Waals surface area contributed by atoms with Crippen molar-refractivity contribution in [1.82, 2.24) is 5.43 Å². The second-order valence-corrected chi connectivity index (χ2v) is 6.87. The number of hydrogen-bond donors (Lipinski definition) is 1. The molecule has 0 saturated carbocycles. The van der Waals surface area contributed by atoms with Crippen LogP contribution in [0.2, 0.25) is 0 Å². The van der Waals surface area contributed by atoms with Gasteiger partial charge in [-0.25, -0.2) is 9.82 Å². The number of nitrogens with one attached hydrogen (secondary N) is 1. The van der Waals surface area contributed by atoms with Crippen LogP contribution in [0, 0.1) is 20.7 Å². The number of methoxy groups -OCH3 is 1. The fourth-order valence-electron chi connectivity index (χ4n) is 2.16. The number of nitriles is 1. The van der Waals surface area contributed by atoms with E-state index in [1.807, 2.05) is 19.9 Å². The smallest absolute Gasteiger partial charge is 0.274 e. The van der Waals surface area contributed by atoms with E-state index in [1.54, 1.807) is 12.1 Å². The van der Waals surface area contributed by atoms with Crippen molar-refractivity contribution in [2.24, 2.45) is 5.10 Å². The quantitative estimate of drug-likeness (QED) is 0.386. The van der Waals surface area contributed by atoms with Crippen LogP contribution in [0.1, 0.15) is 35.3 Å². The van der Waals surface area contributed by atoms with Crippen molar-refractivity contribution in [3.8, 4) is 17.6 Å². The lowest BCUT2D eigenvalue weighted by molar-refractivity contribution is 0.0951. The molecule has 6 nitrogen and oxygen atoms in total. The molecule has 140 valence electrons. The first kappa shape index (κ1) is 20.6. The molecule has 2 aromatic carbocycles. The zero-order valence-electron chi connectivity index (χ0n) is 14.9. The molecular weight excluding hydrogens is 464 g/mol. The topological polar surface area (TPSA) is 83.7 Å². The fraction of sp³-hybridized carbons (Fsp3) is 0.211. The zero-order valence-corrected chi connectivity index (χ0v) is 17.1. The molecule has 0 aromatic heterocycles. The van der Waals surface area contributed by atoms with Gasteiger partial charge in [0.15, 0.2) is 11.5 Å². The van der Waals surface area contributed by atoms with Gasteiger partial charge < -0.3 is 9.47 Å². The Labute approximate surface area is 170 Å². The highest BCUT2D eigenvalue weighted by Crippen LogP contribution is 2.34. The highest BCUT2D eigenvalue weighted by atomic mass is 127. The maximum atomic E-state index is 13.8. The van der Waals surface area contributed by atoms with Crippen LogP contribution in [-0.2, 0) is 0 Å². The number of carbonyl (C=O) groups excluding carboxylic acids is 1. The van der Waals surface area contributed by atoms with Crippen molar-refractivity contribution in [2.75, 3.05) is 7.11 Å². The van der Waals surface area contributed by atoms with E-state index < -0.39 is 11.7 Å². The van der Waals surface area contributed by atoms with Gasteiger partial charge in [-0.1, -0.05) is 0 Å². The maximum Gasteiger partial charge on any atom is 0.274 e. The average Bonchev–Trinajstić information content (AvgIpc) is 2.62. The molecule has 0 aliphatic heterocycles. The Morgan fingerprint density at radius 1 is 1.37 bits per heavy atom. The normalized spacial score (nSPS) is 10.7. The van der Waals surface area contributed by atoms with Crippen molar-refractivity contribution in [3.63, 3.8) is 0 Å². The van der Waals surface area contributed by atoms with Gasteiger partial charge in [0.05, 0.1) is 40.2 Å². The largest absolute Gasteiger partial charge is 0.493 e. The summed E-state index contributed by atoms with van der Waals surface area (Å²) in [5, 5.41) is 12.6. The van der Waals surface area contributed by atoms with Gasteiger partial charge in [-0.15, -0.1) is 0 Å². The molecule has 8 heteroatoms. The van der Waals surface area contributed by atoms with E-state index in [9.17, 15) is 9.18 Å². The zero-order chi connectivity index (χ0) is 20.0. The monoisotopic (exact) mass is 481 g/mol. The Hall–Kier alpha value is -2.67. The summed E-state index contributed by atoms with van der Waals surface area (Å²) in [6.45, 7) is 3.84. The maximum absolute atomic E-state index is 13.8. The first-order chi connectivity index (χ1) is 12.8. The lowest BCUT2D eigenvalue weighted by Gasteiger charge is -2.15. The minimum absolute atomic E-state index is 0.00598. The molecule has 0 aliphatic rings. The molecule has 27 heavy (non-hydrogen) atoms. The molecule has 1 amide bonds. The Morgan fingerprint density at radius 3 is 2.70 bits per heavy atom. The van der Waals surface area contributed by atoms with Gasteiger partial charge in [-0.3, -0.25) is 4.79 Å². The van der Waals surface area contributed by atoms with Crippen LogP contribution in [-0.4, -0.2) is 25.3 Å². The number of ether oxygens (including phenoxy) is 2. The van der Waals surface area contributed by atoms with Crippen LogP contribution in [0.4, 0.5) is 4.39 Å². The highest BCUT2D eigenvalue weighted by Gasteiger charge is 2.13. The fourth-order valence-corrected chi connectivity index (χ4v) is 2.91. The predicted molar refractivity (Wildman–Crippen MR) is 108 cm³/mol. The van der Waals surface area contributed by atoms with Crippen molar-refractivity contribution in [1.29, 1.82) is 5.26 Å². The number of hydrogen-bond acceptors (Lipinski definition) is 5. The van der Waals surface area contributed by atoms with Crippen molar-refractivity contribution in [3.05, 3.63) is 56.4 Å². The molecule has 0 fully saturated rings. The molecular formula is C19H17FIN3O3. The molecule has 0 atom stereocenters. The number of nitrogens with zero attached hydrogens (tertiary/aromatic N) is 2. The molecule has 0 radical (unpaired) electrons. The third-order valence-corrected chi connectivity index (χ3v) is 4.13. The number of amides is 1. The van der Waals surface area contributed by atoms with Gasteiger partial charge in [0.25, 0.3) is 5.91 Å². The van der Waals surface area contributed by atoms with Crippen molar-refractivity contribution >= 4 is 34.7 Å². The van der Waals surface area contributed by atoms with Crippen LogP contribution in [0.5, 0.6) is 11.5 Å². The molecule has 1 N–H and O–H groups in total. The van der Waals surface area contributed by atoms with E-state index in [0.717, 1.165) is 9.64 Å². The average molecular weight is 481 g/mol. The molecule has 0 saturated heterocycles. The van der Waals surface area contributed by atoms with Crippen LogP contribution >= 0.6 is 22.6 Å². The van der Waals surface area contributed by atoms with Gasteiger partial charge in [0.2, 0.25) is 0 Å². The van der Waals surface area contributed by atoms with Gasteiger partial charge in [-0.2, -0.15) is 10.4 Å². The molecule has 2 aromatic rings.